The maximum absolute atomic E-state index is 13.3. The molecular weight excluding hydrogens is 358 g/mol. The first kappa shape index (κ1) is 16.9. The topological polar surface area (TPSA) is 98.8 Å². The Morgan fingerprint density at radius 3 is 2.58 bits per heavy atom. The minimum Gasteiger partial charge on any atom is -0.336 e. The van der Waals surface area contributed by atoms with Gasteiger partial charge in [0.2, 0.25) is 17.6 Å². The van der Waals surface area contributed by atoms with Gasteiger partial charge in [0, 0.05) is 0 Å². The lowest BCUT2D eigenvalue weighted by molar-refractivity contribution is -0.152. The van der Waals surface area contributed by atoms with Crippen molar-refractivity contribution >= 4 is 21.9 Å². The van der Waals surface area contributed by atoms with Crippen LogP contribution in [0.4, 0.5) is 0 Å². The molecule has 1 N–H and O–H groups in total. The number of nitrogens with one attached hydrogen (secondary N) is 1. The lowest BCUT2D eigenvalue weighted by atomic mass is 9.71. The largest absolute Gasteiger partial charge is 0.336 e. The van der Waals surface area contributed by atoms with Gasteiger partial charge in [0.05, 0.1) is 17.3 Å². The number of imide groups is 1. The third-order valence-electron chi connectivity index (χ3n) is 8.13. The van der Waals surface area contributed by atoms with Gasteiger partial charge in [-0.05, 0) is 42.1 Å². The van der Waals surface area contributed by atoms with Crippen LogP contribution in [0.3, 0.4) is 0 Å². The van der Waals surface area contributed by atoms with Crippen LogP contribution in [0, 0.1) is 28.6 Å². The number of rotatable bonds is 3. The molecule has 0 spiro atoms. The Labute approximate surface area is 152 Å². The predicted molar refractivity (Wildman–Crippen MR) is 89.9 cm³/mol. The Hall–Kier alpha value is -1.25. The zero-order valence-corrected chi connectivity index (χ0v) is 15.8. The van der Waals surface area contributed by atoms with Crippen LogP contribution in [0.1, 0.15) is 40.0 Å². The molecule has 8 heteroatoms. The van der Waals surface area contributed by atoms with Crippen molar-refractivity contribution in [2.24, 2.45) is 28.6 Å². The van der Waals surface area contributed by atoms with E-state index in [1.807, 2.05) is 6.92 Å². The molecule has 2 amide bonds. The summed E-state index contributed by atoms with van der Waals surface area (Å²) in [5.41, 5.74) is -0.458. The van der Waals surface area contributed by atoms with Crippen molar-refractivity contribution < 1.29 is 26.9 Å². The van der Waals surface area contributed by atoms with Crippen LogP contribution in [-0.2, 0) is 28.6 Å². The number of ether oxygens (including phenoxy) is 1. The van der Waals surface area contributed by atoms with Crippen LogP contribution in [-0.4, -0.2) is 37.4 Å². The molecule has 5 rings (SSSR count). The molecule has 0 aromatic carbocycles. The standard InChI is InChI=1S/C18H23NO6S/c1-16(2)9-4-6-17(16,3)11(8-9)26(22,23)25-18-7-5-10(24-18)12-13(18)15(21)19-14(12)20/h5,7,9-13H,4,6,8H2,1-3H3,(H,19,20,21). The van der Waals surface area contributed by atoms with Crippen molar-refractivity contribution in [2.75, 3.05) is 0 Å². The average molecular weight is 381 g/mol. The van der Waals surface area contributed by atoms with E-state index >= 15 is 0 Å². The number of carbonyl (C=O) groups is 2. The molecule has 2 saturated heterocycles. The lowest BCUT2D eigenvalue weighted by Crippen LogP contribution is -2.48. The van der Waals surface area contributed by atoms with Crippen molar-refractivity contribution in [3.8, 4) is 0 Å². The highest BCUT2D eigenvalue weighted by Gasteiger charge is 2.70. The van der Waals surface area contributed by atoms with Crippen molar-refractivity contribution in [1.82, 2.24) is 5.32 Å². The van der Waals surface area contributed by atoms with Gasteiger partial charge < -0.3 is 4.74 Å². The van der Waals surface area contributed by atoms with Gasteiger partial charge in [-0.15, -0.1) is 0 Å². The van der Waals surface area contributed by atoms with Crippen molar-refractivity contribution in [3.63, 3.8) is 0 Å². The van der Waals surface area contributed by atoms with Crippen LogP contribution in [0.25, 0.3) is 0 Å². The Morgan fingerprint density at radius 1 is 1.23 bits per heavy atom. The van der Waals surface area contributed by atoms with Crippen LogP contribution >= 0.6 is 0 Å². The summed E-state index contributed by atoms with van der Waals surface area (Å²) in [6, 6.07) is 0. The summed E-state index contributed by atoms with van der Waals surface area (Å²) in [5, 5.41) is 1.64. The molecule has 2 aliphatic carbocycles. The first-order valence-corrected chi connectivity index (χ1v) is 10.7. The Morgan fingerprint density at radius 2 is 1.96 bits per heavy atom. The van der Waals surface area contributed by atoms with Gasteiger partial charge in [0.1, 0.15) is 5.92 Å². The molecule has 4 bridgehead atoms. The van der Waals surface area contributed by atoms with Crippen LogP contribution in [0.15, 0.2) is 12.2 Å². The highest BCUT2D eigenvalue weighted by atomic mass is 32.2. The van der Waals surface area contributed by atoms with Gasteiger partial charge in [-0.25, -0.2) is 4.18 Å². The summed E-state index contributed by atoms with van der Waals surface area (Å²) < 4.78 is 37.9. The number of carbonyl (C=O) groups excluding carboxylic acids is 2. The first-order valence-electron chi connectivity index (χ1n) is 9.18. The molecule has 0 radical (unpaired) electrons. The van der Waals surface area contributed by atoms with E-state index in [1.165, 1.54) is 6.08 Å². The van der Waals surface area contributed by atoms with Gasteiger partial charge >= 0.3 is 0 Å². The lowest BCUT2D eigenvalue weighted by Gasteiger charge is -2.39. The zero-order valence-electron chi connectivity index (χ0n) is 15.0. The number of hydrogen-bond donors (Lipinski definition) is 1. The van der Waals surface area contributed by atoms with Gasteiger partial charge in [-0.1, -0.05) is 26.8 Å². The molecular formula is C18H23NO6S. The predicted octanol–water partition coefficient (Wildman–Crippen LogP) is 1.10. The Kier molecular flexibility index (Phi) is 2.98. The van der Waals surface area contributed by atoms with E-state index in [0.29, 0.717) is 12.3 Å². The van der Waals surface area contributed by atoms with E-state index < -0.39 is 50.9 Å². The van der Waals surface area contributed by atoms with Gasteiger partial charge in [0.25, 0.3) is 10.1 Å². The summed E-state index contributed by atoms with van der Waals surface area (Å²) in [4.78, 5) is 24.3. The number of hydrogen-bond acceptors (Lipinski definition) is 6. The van der Waals surface area contributed by atoms with Crippen LogP contribution < -0.4 is 5.32 Å². The minimum absolute atomic E-state index is 0.0837. The second-order valence-electron chi connectivity index (χ2n) is 9.20. The molecule has 26 heavy (non-hydrogen) atoms. The zero-order chi connectivity index (χ0) is 18.7. The molecule has 3 aliphatic heterocycles. The van der Waals surface area contributed by atoms with E-state index in [0.717, 1.165) is 12.8 Å². The summed E-state index contributed by atoms with van der Waals surface area (Å²) in [7, 11) is -3.99. The SMILES string of the molecule is CC1(C)C2CCC1(C)C(S(=O)(=O)OC13C=CC(O1)C1C(=O)NC(=O)C13)C2. The summed E-state index contributed by atoms with van der Waals surface area (Å²) >= 11 is 0. The van der Waals surface area contributed by atoms with Crippen molar-refractivity contribution in [3.05, 3.63) is 12.2 Å². The van der Waals surface area contributed by atoms with Gasteiger partial charge in [-0.3, -0.25) is 14.9 Å². The summed E-state index contributed by atoms with van der Waals surface area (Å²) in [6.45, 7) is 6.30. The fourth-order valence-electron chi connectivity index (χ4n) is 6.16. The van der Waals surface area contributed by atoms with Crippen molar-refractivity contribution in [1.29, 1.82) is 0 Å². The maximum Gasteiger partial charge on any atom is 0.273 e. The molecule has 7 unspecified atom stereocenters. The van der Waals surface area contributed by atoms with E-state index in [4.69, 9.17) is 8.92 Å². The van der Waals surface area contributed by atoms with E-state index in [1.54, 1.807) is 6.08 Å². The molecule has 2 saturated carbocycles. The van der Waals surface area contributed by atoms with Crippen LogP contribution in [0.5, 0.6) is 0 Å². The summed E-state index contributed by atoms with van der Waals surface area (Å²) in [5.74, 6) is -3.96. The van der Waals surface area contributed by atoms with E-state index in [2.05, 4.69) is 19.2 Å². The molecule has 7 nitrogen and oxygen atoms in total. The van der Waals surface area contributed by atoms with Crippen molar-refractivity contribution in [2.45, 2.75) is 57.2 Å². The number of fused-ring (bicyclic) bond motifs is 7. The molecule has 4 fully saturated rings. The molecule has 0 aromatic rings. The highest BCUT2D eigenvalue weighted by molar-refractivity contribution is 7.87. The van der Waals surface area contributed by atoms with Crippen LogP contribution in [0.2, 0.25) is 0 Å². The molecule has 3 heterocycles. The normalized spacial score (nSPS) is 50.5. The van der Waals surface area contributed by atoms with Gasteiger partial charge in [0.15, 0.2) is 0 Å². The smallest absolute Gasteiger partial charge is 0.273 e. The monoisotopic (exact) mass is 381 g/mol. The second kappa shape index (κ2) is 4.59. The first-order chi connectivity index (χ1) is 12.0. The van der Waals surface area contributed by atoms with E-state index in [-0.39, 0.29) is 10.8 Å². The molecule has 5 aliphatic rings. The second-order valence-corrected chi connectivity index (χ2v) is 10.9. The summed E-state index contributed by atoms with van der Waals surface area (Å²) in [6.07, 6.45) is 4.94. The maximum atomic E-state index is 13.3. The minimum atomic E-state index is -3.99. The highest BCUT2D eigenvalue weighted by Crippen LogP contribution is 2.67. The average Bonchev–Trinajstić information content (AvgIpc) is 3.25. The fourth-order valence-corrected chi connectivity index (χ4v) is 8.37. The third-order valence-corrected chi connectivity index (χ3v) is 10.0. The molecule has 0 aromatic heterocycles. The quantitative estimate of drug-likeness (QED) is 0.447. The Bertz CT molecular complexity index is 863. The molecule has 7 atom stereocenters. The van der Waals surface area contributed by atoms with Gasteiger partial charge in [-0.2, -0.15) is 8.42 Å². The third kappa shape index (κ3) is 1.74. The Balaban J connectivity index is 1.50. The number of amides is 2. The van der Waals surface area contributed by atoms with E-state index in [9.17, 15) is 18.0 Å². The fraction of sp³-hybridized carbons (Fsp3) is 0.778. The molecule has 142 valence electrons.